The number of aromatic nitrogens is 1. The number of hydrogen-bond donors (Lipinski definition) is 0. The van der Waals surface area contributed by atoms with Crippen LogP contribution in [0.4, 0.5) is 0 Å². The fourth-order valence-electron chi connectivity index (χ4n) is 4.13. The maximum absolute atomic E-state index is 13.0. The van der Waals surface area contributed by atoms with E-state index in [-0.39, 0.29) is 11.5 Å². The molecule has 3 aromatic carbocycles. The van der Waals surface area contributed by atoms with Gasteiger partial charge in [0.25, 0.3) is 0 Å². The zero-order chi connectivity index (χ0) is 23.7. The summed E-state index contributed by atoms with van der Waals surface area (Å²) < 4.78 is 24.7. The zero-order valence-corrected chi connectivity index (χ0v) is 19.3. The van der Waals surface area contributed by atoms with Crippen molar-refractivity contribution in [1.29, 1.82) is 0 Å². The van der Waals surface area contributed by atoms with Crippen molar-refractivity contribution in [1.82, 2.24) is 4.57 Å². The highest BCUT2D eigenvalue weighted by Gasteiger charge is 2.28. The molecule has 0 aliphatic carbocycles. The molecule has 0 saturated heterocycles. The Bertz CT molecular complexity index is 1420. The second-order valence-corrected chi connectivity index (χ2v) is 7.99. The Kier molecular flexibility index (Phi) is 5.72. The van der Waals surface area contributed by atoms with E-state index in [0.29, 0.717) is 23.7 Å². The van der Waals surface area contributed by atoms with Crippen LogP contribution in [0.15, 0.2) is 72.6 Å². The molecule has 0 spiro atoms. The second kappa shape index (κ2) is 8.98. The van der Waals surface area contributed by atoms with Crippen LogP contribution in [-0.4, -0.2) is 24.6 Å². The summed E-state index contributed by atoms with van der Waals surface area (Å²) in [5, 5.41) is 1.00. The number of benzene rings is 3. The van der Waals surface area contributed by atoms with Crippen molar-refractivity contribution in [2.24, 2.45) is 0 Å². The van der Waals surface area contributed by atoms with Gasteiger partial charge in [-0.15, -0.1) is 0 Å². The van der Waals surface area contributed by atoms with E-state index in [0.717, 1.165) is 40.1 Å². The molecular formula is C28H25NO5. The van der Waals surface area contributed by atoms with Gasteiger partial charge in [0, 0.05) is 35.3 Å². The number of allylic oxidation sites excluding steroid dienone is 1. The van der Waals surface area contributed by atoms with Crippen molar-refractivity contribution in [3.05, 3.63) is 89.3 Å². The van der Waals surface area contributed by atoms with Gasteiger partial charge in [0.15, 0.2) is 5.76 Å². The molecule has 0 atom stereocenters. The highest BCUT2D eigenvalue weighted by atomic mass is 16.5. The third kappa shape index (κ3) is 3.99. The minimum absolute atomic E-state index is 0.144. The largest absolute Gasteiger partial charge is 0.497 e. The molecule has 5 rings (SSSR count). The van der Waals surface area contributed by atoms with E-state index in [1.165, 1.54) is 0 Å². The Labute approximate surface area is 197 Å². The number of aryl methyl sites for hydroxylation is 1. The molecule has 1 aromatic heterocycles. The Balaban J connectivity index is 1.40. The van der Waals surface area contributed by atoms with E-state index >= 15 is 0 Å². The first kappa shape index (κ1) is 21.6. The lowest BCUT2D eigenvalue weighted by Crippen LogP contribution is -1.98. The monoisotopic (exact) mass is 455 g/mol. The standard InChI is InChI=1S/C28H25NO5/c1-4-29-16-19(24-14-21(32-3)9-11-25(24)29)13-27-28(30)23-10-8-22(15-26(23)34-27)33-17-18-6-5-7-20(12-18)31-2/h5-16H,4,17H2,1-3H3/b27-13-. The number of methoxy groups -OCH3 is 2. The molecule has 4 aromatic rings. The summed E-state index contributed by atoms with van der Waals surface area (Å²) in [6.45, 7) is 3.28. The molecular weight excluding hydrogens is 430 g/mol. The molecule has 34 heavy (non-hydrogen) atoms. The number of carbonyl (C=O) groups is 1. The topological polar surface area (TPSA) is 58.9 Å². The Morgan fingerprint density at radius 2 is 1.74 bits per heavy atom. The normalized spacial score (nSPS) is 13.7. The number of hydrogen-bond acceptors (Lipinski definition) is 5. The molecule has 0 unspecified atom stereocenters. The van der Waals surface area contributed by atoms with Crippen LogP contribution in [0.25, 0.3) is 17.0 Å². The first-order valence-electron chi connectivity index (χ1n) is 11.1. The van der Waals surface area contributed by atoms with E-state index in [9.17, 15) is 4.79 Å². The molecule has 0 bridgehead atoms. The molecule has 0 amide bonds. The average Bonchev–Trinajstić information content (AvgIpc) is 3.39. The van der Waals surface area contributed by atoms with Crippen LogP contribution >= 0.6 is 0 Å². The lowest BCUT2D eigenvalue weighted by molar-refractivity contribution is 0.101. The fraction of sp³-hybridized carbons (Fsp3) is 0.179. The van der Waals surface area contributed by atoms with Crippen molar-refractivity contribution in [2.75, 3.05) is 14.2 Å². The van der Waals surface area contributed by atoms with Crippen molar-refractivity contribution in [2.45, 2.75) is 20.1 Å². The average molecular weight is 456 g/mol. The highest BCUT2D eigenvalue weighted by molar-refractivity contribution is 6.15. The summed E-state index contributed by atoms with van der Waals surface area (Å²) in [6, 6.07) is 18.9. The fourth-order valence-corrected chi connectivity index (χ4v) is 4.13. The van der Waals surface area contributed by atoms with Crippen molar-refractivity contribution >= 4 is 22.8 Å². The van der Waals surface area contributed by atoms with Crippen LogP contribution in [0.3, 0.4) is 0 Å². The van der Waals surface area contributed by atoms with Crippen LogP contribution in [0.2, 0.25) is 0 Å². The molecule has 2 heterocycles. The lowest BCUT2D eigenvalue weighted by atomic mass is 10.1. The first-order chi connectivity index (χ1) is 16.6. The van der Waals surface area contributed by atoms with Gasteiger partial charge in [0.2, 0.25) is 5.78 Å². The molecule has 172 valence electrons. The van der Waals surface area contributed by atoms with E-state index in [1.54, 1.807) is 38.5 Å². The van der Waals surface area contributed by atoms with Crippen molar-refractivity contribution < 1.29 is 23.7 Å². The summed E-state index contributed by atoms with van der Waals surface area (Å²) >= 11 is 0. The van der Waals surface area contributed by atoms with Crippen LogP contribution in [0.1, 0.15) is 28.4 Å². The number of rotatable bonds is 7. The van der Waals surface area contributed by atoms with Crippen LogP contribution in [0, 0.1) is 0 Å². The van der Waals surface area contributed by atoms with Crippen molar-refractivity contribution in [3.63, 3.8) is 0 Å². The molecule has 6 heteroatoms. The predicted octanol–water partition coefficient (Wildman–Crippen LogP) is 5.87. The summed E-state index contributed by atoms with van der Waals surface area (Å²) in [4.78, 5) is 13.0. The molecule has 1 aliphatic heterocycles. The Morgan fingerprint density at radius 1 is 0.941 bits per heavy atom. The summed E-state index contributed by atoms with van der Waals surface area (Å²) in [6.07, 6.45) is 3.83. The maximum Gasteiger partial charge on any atom is 0.231 e. The minimum Gasteiger partial charge on any atom is -0.497 e. The van der Waals surface area contributed by atoms with E-state index in [2.05, 4.69) is 11.5 Å². The highest BCUT2D eigenvalue weighted by Crippen LogP contribution is 2.36. The van der Waals surface area contributed by atoms with Gasteiger partial charge in [0.05, 0.1) is 19.8 Å². The van der Waals surface area contributed by atoms with Gasteiger partial charge < -0.3 is 23.5 Å². The van der Waals surface area contributed by atoms with Gasteiger partial charge in [-0.3, -0.25) is 4.79 Å². The summed E-state index contributed by atoms with van der Waals surface area (Å²) in [5.74, 6) is 2.81. The molecule has 0 fully saturated rings. The maximum atomic E-state index is 13.0. The zero-order valence-electron chi connectivity index (χ0n) is 19.3. The summed E-state index contributed by atoms with van der Waals surface area (Å²) in [7, 11) is 3.28. The number of ketones is 1. The molecule has 1 aliphatic rings. The Morgan fingerprint density at radius 3 is 2.53 bits per heavy atom. The Hall–Kier alpha value is -4.19. The first-order valence-corrected chi connectivity index (χ1v) is 11.1. The van der Waals surface area contributed by atoms with Crippen LogP contribution in [0.5, 0.6) is 23.0 Å². The summed E-state index contributed by atoms with van der Waals surface area (Å²) in [5.41, 5.74) is 3.49. The second-order valence-electron chi connectivity index (χ2n) is 7.99. The predicted molar refractivity (Wildman–Crippen MR) is 131 cm³/mol. The van der Waals surface area contributed by atoms with Crippen LogP contribution < -0.4 is 18.9 Å². The van der Waals surface area contributed by atoms with Gasteiger partial charge in [-0.05, 0) is 61.0 Å². The van der Waals surface area contributed by atoms with Gasteiger partial charge in [0.1, 0.15) is 29.6 Å². The van der Waals surface area contributed by atoms with Gasteiger partial charge in [-0.2, -0.15) is 0 Å². The lowest BCUT2D eigenvalue weighted by Gasteiger charge is -2.08. The molecule has 0 saturated carbocycles. The smallest absolute Gasteiger partial charge is 0.231 e. The molecule has 6 nitrogen and oxygen atoms in total. The van der Waals surface area contributed by atoms with Crippen molar-refractivity contribution in [3.8, 4) is 23.0 Å². The van der Waals surface area contributed by atoms with E-state index < -0.39 is 0 Å². The number of Topliss-reactive ketones (excluding diaryl/α,β-unsaturated/α-hetero) is 1. The van der Waals surface area contributed by atoms with E-state index in [1.807, 2.05) is 48.7 Å². The van der Waals surface area contributed by atoms with Gasteiger partial charge in [-0.1, -0.05) is 12.1 Å². The molecule has 0 N–H and O–H groups in total. The van der Waals surface area contributed by atoms with E-state index in [4.69, 9.17) is 18.9 Å². The number of nitrogens with zero attached hydrogens (tertiary/aromatic N) is 1. The third-order valence-electron chi connectivity index (χ3n) is 5.93. The SMILES string of the molecule is CCn1cc(/C=C2\Oc3cc(OCc4cccc(OC)c4)ccc3C2=O)c2cc(OC)ccc21. The third-order valence-corrected chi connectivity index (χ3v) is 5.93. The number of ether oxygens (including phenoxy) is 4. The quantitative estimate of drug-likeness (QED) is 0.326. The molecule has 0 radical (unpaired) electrons. The van der Waals surface area contributed by atoms with Crippen LogP contribution in [-0.2, 0) is 13.2 Å². The number of fused-ring (bicyclic) bond motifs is 2. The number of carbonyl (C=O) groups excluding carboxylic acids is 1. The van der Waals surface area contributed by atoms with Gasteiger partial charge >= 0.3 is 0 Å². The van der Waals surface area contributed by atoms with Gasteiger partial charge in [-0.25, -0.2) is 0 Å². The minimum atomic E-state index is -0.144.